The summed E-state index contributed by atoms with van der Waals surface area (Å²) in [6.07, 6.45) is 0.387. The number of benzene rings is 1. The molecule has 0 amide bonds. The zero-order valence-electron chi connectivity index (χ0n) is 10.8. The number of nitrogens with two attached hydrogens (primary N) is 1. The van der Waals surface area contributed by atoms with Gasteiger partial charge in [-0.1, -0.05) is 24.3 Å². The van der Waals surface area contributed by atoms with E-state index in [1.54, 1.807) is 24.3 Å². The second-order valence-corrected chi connectivity index (χ2v) is 4.64. The molecule has 1 aromatic rings. The van der Waals surface area contributed by atoms with Gasteiger partial charge in [0.25, 0.3) is 0 Å². The number of carbonyl (C=O) groups excluding carboxylic acids is 1. The van der Waals surface area contributed by atoms with Gasteiger partial charge in [-0.3, -0.25) is 9.59 Å². The topological polar surface area (TPSA) is 80.4 Å². The average Bonchev–Trinajstić information content (AvgIpc) is 2.38. The van der Waals surface area contributed by atoms with Crippen molar-refractivity contribution < 1.29 is 19.1 Å². The Morgan fingerprint density at radius 3 is 2.21 bits per heavy atom. The molecule has 0 aliphatic carbocycles. The highest BCUT2D eigenvalue weighted by Crippen LogP contribution is 2.16. The van der Waals surface area contributed by atoms with Crippen LogP contribution >= 0.6 is 0 Å². The maximum Gasteiger partial charge on any atom is 0.306 e. The standard InChI is InChI=1S/C14H18FNO3/c1-9(17)13(16)7-12(14(18)19)6-10-2-4-11(8-15)5-3-10/h2-5,12-13H,6-8,16H2,1H3,(H,18,19)/t12-,13-/m0/s1/i15-1. The zero-order chi connectivity index (χ0) is 14.4. The minimum absolute atomic E-state index is 0.107. The molecule has 0 bridgehead atoms. The Morgan fingerprint density at radius 1 is 1.26 bits per heavy atom. The van der Waals surface area contributed by atoms with Crippen molar-refractivity contribution in [3.63, 3.8) is 0 Å². The van der Waals surface area contributed by atoms with Gasteiger partial charge in [-0.25, -0.2) is 4.39 Å². The number of carbonyl (C=O) groups is 2. The molecule has 2 atom stereocenters. The third kappa shape index (κ3) is 4.79. The first kappa shape index (κ1) is 15.3. The van der Waals surface area contributed by atoms with E-state index in [0.717, 1.165) is 5.56 Å². The number of carboxylic acid groups (broad SMARTS) is 1. The van der Waals surface area contributed by atoms with E-state index in [0.29, 0.717) is 5.56 Å². The molecule has 1 rings (SSSR count). The lowest BCUT2D eigenvalue weighted by molar-refractivity contribution is -0.142. The van der Waals surface area contributed by atoms with Crippen LogP contribution in [0.15, 0.2) is 24.3 Å². The molecule has 0 saturated heterocycles. The quantitative estimate of drug-likeness (QED) is 0.787. The lowest BCUT2D eigenvalue weighted by Crippen LogP contribution is -2.33. The number of Topliss-reactive ketones (excluding diaryl/α,β-unsaturated/α-hetero) is 1. The number of halogens is 1. The predicted octanol–water partition coefficient (Wildman–Crippen LogP) is 1.71. The molecule has 5 heteroatoms. The first-order valence-electron chi connectivity index (χ1n) is 6.06. The molecule has 3 N–H and O–H groups in total. The molecular formula is C14H18FNO3. The third-order valence-electron chi connectivity index (χ3n) is 3.07. The van der Waals surface area contributed by atoms with Crippen molar-refractivity contribution in [2.75, 3.05) is 0 Å². The Morgan fingerprint density at radius 2 is 1.79 bits per heavy atom. The number of hydrogen-bond donors (Lipinski definition) is 2. The monoisotopic (exact) mass is 266 g/mol. The molecular weight excluding hydrogens is 248 g/mol. The second kappa shape index (κ2) is 6.99. The molecule has 0 radical (unpaired) electrons. The molecule has 0 saturated carbocycles. The van der Waals surface area contributed by atoms with Gasteiger partial charge in [0.2, 0.25) is 0 Å². The Bertz CT molecular complexity index is 445. The molecule has 4 nitrogen and oxygen atoms in total. The Balaban J connectivity index is 2.72. The van der Waals surface area contributed by atoms with Crippen molar-refractivity contribution in [1.29, 1.82) is 0 Å². The van der Waals surface area contributed by atoms with E-state index in [1.807, 2.05) is 0 Å². The van der Waals surface area contributed by atoms with Crippen LogP contribution in [0.4, 0.5) is 4.39 Å². The minimum atomic E-state index is -0.980. The van der Waals surface area contributed by atoms with Crippen LogP contribution in [0.1, 0.15) is 24.5 Å². The van der Waals surface area contributed by atoms with E-state index in [2.05, 4.69) is 0 Å². The van der Waals surface area contributed by atoms with Crippen molar-refractivity contribution in [2.45, 2.75) is 32.5 Å². The molecule has 0 unspecified atom stereocenters. The Kier molecular flexibility index (Phi) is 5.63. The van der Waals surface area contributed by atoms with Crippen LogP contribution in [0.2, 0.25) is 0 Å². The van der Waals surface area contributed by atoms with Gasteiger partial charge < -0.3 is 10.8 Å². The zero-order valence-corrected chi connectivity index (χ0v) is 10.8. The normalized spacial score (nSPS) is 13.8. The number of hydrogen-bond acceptors (Lipinski definition) is 3. The molecule has 0 aromatic heterocycles. The number of rotatable bonds is 7. The minimum Gasteiger partial charge on any atom is -0.481 e. The third-order valence-corrected chi connectivity index (χ3v) is 3.07. The fourth-order valence-electron chi connectivity index (χ4n) is 1.79. The summed E-state index contributed by atoms with van der Waals surface area (Å²) in [6.45, 7) is 0.803. The summed E-state index contributed by atoms with van der Waals surface area (Å²) in [5, 5.41) is 9.14. The van der Waals surface area contributed by atoms with E-state index < -0.39 is 24.6 Å². The summed E-state index contributed by atoms with van der Waals surface area (Å²) in [6, 6.07) is 5.89. The largest absolute Gasteiger partial charge is 0.481 e. The van der Waals surface area contributed by atoms with Crippen molar-refractivity contribution in [3.05, 3.63) is 35.4 Å². The van der Waals surface area contributed by atoms with Gasteiger partial charge in [0, 0.05) is 0 Å². The fourth-order valence-corrected chi connectivity index (χ4v) is 1.79. The smallest absolute Gasteiger partial charge is 0.306 e. The molecule has 0 spiro atoms. The number of carboxylic acids is 1. The van der Waals surface area contributed by atoms with Gasteiger partial charge >= 0.3 is 5.97 Å². The van der Waals surface area contributed by atoms with Crippen LogP contribution in [0.25, 0.3) is 0 Å². The summed E-state index contributed by atoms with van der Waals surface area (Å²) in [5.74, 6) is -1.92. The summed E-state index contributed by atoms with van der Waals surface area (Å²) >= 11 is 0. The Labute approximate surface area is 111 Å². The van der Waals surface area contributed by atoms with Gasteiger partial charge in [-0.15, -0.1) is 0 Å². The maximum atomic E-state index is 12.4. The van der Waals surface area contributed by atoms with Crippen LogP contribution in [0.3, 0.4) is 0 Å². The summed E-state index contributed by atoms with van der Waals surface area (Å²) in [7, 11) is 0. The number of ketones is 1. The van der Waals surface area contributed by atoms with Gasteiger partial charge in [-0.05, 0) is 30.9 Å². The van der Waals surface area contributed by atoms with E-state index in [4.69, 9.17) is 10.8 Å². The van der Waals surface area contributed by atoms with Crippen molar-refractivity contribution in [2.24, 2.45) is 11.7 Å². The fraction of sp³-hybridized carbons (Fsp3) is 0.429. The predicted molar refractivity (Wildman–Crippen MR) is 69.4 cm³/mol. The van der Waals surface area contributed by atoms with E-state index in [-0.39, 0.29) is 18.6 Å². The highest BCUT2D eigenvalue weighted by molar-refractivity contribution is 5.82. The molecule has 104 valence electrons. The van der Waals surface area contributed by atoms with Gasteiger partial charge in [0.05, 0.1) is 12.0 Å². The van der Waals surface area contributed by atoms with E-state index >= 15 is 0 Å². The van der Waals surface area contributed by atoms with Crippen molar-refractivity contribution in [3.8, 4) is 0 Å². The molecule has 19 heavy (non-hydrogen) atoms. The van der Waals surface area contributed by atoms with Crippen molar-refractivity contribution in [1.82, 2.24) is 0 Å². The lowest BCUT2D eigenvalue weighted by atomic mass is 9.91. The molecule has 0 fully saturated rings. The first-order valence-corrected chi connectivity index (χ1v) is 6.06. The van der Waals surface area contributed by atoms with Crippen LogP contribution < -0.4 is 5.73 Å². The number of aliphatic carboxylic acids is 1. The van der Waals surface area contributed by atoms with E-state index in [9.17, 15) is 14.0 Å². The van der Waals surface area contributed by atoms with Crippen LogP contribution in [0, 0.1) is 5.92 Å². The number of alkyl halides is 1. The maximum absolute atomic E-state index is 12.4. The molecule has 1 aromatic carbocycles. The van der Waals surface area contributed by atoms with Gasteiger partial charge in [-0.2, -0.15) is 0 Å². The average molecular weight is 266 g/mol. The molecule has 0 heterocycles. The molecule has 0 aliphatic rings. The van der Waals surface area contributed by atoms with Gasteiger partial charge in [0.1, 0.15) is 12.5 Å². The lowest BCUT2D eigenvalue weighted by Gasteiger charge is -2.15. The highest BCUT2D eigenvalue weighted by Gasteiger charge is 2.23. The summed E-state index contributed by atoms with van der Waals surface area (Å²) in [5.41, 5.74) is 6.94. The van der Waals surface area contributed by atoms with Crippen LogP contribution in [0.5, 0.6) is 0 Å². The van der Waals surface area contributed by atoms with Crippen molar-refractivity contribution >= 4 is 11.8 Å². The highest BCUT2D eigenvalue weighted by atomic mass is 18.2. The van der Waals surface area contributed by atoms with E-state index in [1.165, 1.54) is 6.92 Å². The summed E-state index contributed by atoms with van der Waals surface area (Å²) in [4.78, 5) is 22.2. The Hall–Kier alpha value is -1.75. The summed E-state index contributed by atoms with van der Waals surface area (Å²) < 4.78 is 12.4. The SMILES string of the molecule is CC(=O)[C@@H](N)C[C@H](Cc1ccc(C[18F])cc1)C(=O)O. The van der Waals surface area contributed by atoms with Crippen LogP contribution in [-0.2, 0) is 22.7 Å². The molecule has 0 aliphatic heterocycles. The van der Waals surface area contributed by atoms with Crippen LogP contribution in [-0.4, -0.2) is 22.9 Å². The van der Waals surface area contributed by atoms with Gasteiger partial charge in [0.15, 0.2) is 0 Å². The second-order valence-electron chi connectivity index (χ2n) is 4.64. The first-order chi connectivity index (χ1) is 8.93.